The number of nitrogen functional groups attached to an aromatic ring is 1. The summed E-state index contributed by atoms with van der Waals surface area (Å²) in [7, 11) is 0. The number of ether oxygens (including phenoxy) is 1. The van der Waals surface area contributed by atoms with Crippen molar-refractivity contribution < 1.29 is 9.53 Å². The first-order chi connectivity index (χ1) is 9.43. The van der Waals surface area contributed by atoms with E-state index >= 15 is 0 Å². The lowest BCUT2D eigenvalue weighted by atomic mass is 10.1. The number of anilines is 1. The van der Waals surface area contributed by atoms with Gasteiger partial charge in [-0.05, 0) is 43.2 Å². The van der Waals surface area contributed by atoms with E-state index in [1.807, 2.05) is 6.92 Å². The van der Waals surface area contributed by atoms with E-state index in [2.05, 4.69) is 0 Å². The lowest BCUT2D eigenvalue weighted by molar-refractivity contribution is 0.0533. The maximum Gasteiger partial charge on any atom is 0.350 e. The molecule has 106 valence electrons. The smallest absolute Gasteiger partial charge is 0.350 e. The molecular weight excluding hydrogens is 317 g/mol. The van der Waals surface area contributed by atoms with Crippen molar-refractivity contribution in [3.63, 3.8) is 0 Å². The van der Waals surface area contributed by atoms with Crippen molar-refractivity contribution in [1.29, 1.82) is 0 Å². The summed E-state index contributed by atoms with van der Waals surface area (Å²) >= 11 is 13.3. The molecule has 0 atom stereocenters. The molecular formula is C14H13Cl2NO2S. The van der Waals surface area contributed by atoms with Gasteiger partial charge in [-0.15, -0.1) is 11.3 Å². The number of carbonyl (C=O) groups is 1. The van der Waals surface area contributed by atoms with E-state index in [-0.39, 0.29) is 0 Å². The molecule has 1 aromatic carbocycles. The van der Waals surface area contributed by atoms with Gasteiger partial charge in [0.25, 0.3) is 0 Å². The van der Waals surface area contributed by atoms with Crippen LogP contribution in [0.25, 0.3) is 10.4 Å². The average molecular weight is 330 g/mol. The zero-order chi connectivity index (χ0) is 14.9. The van der Waals surface area contributed by atoms with Crippen LogP contribution in [-0.4, -0.2) is 12.6 Å². The number of hydrogen-bond donors (Lipinski definition) is 1. The molecule has 0 aliphatic rings. The second-order valence-corrected chi connectivity index (χ2v) is 6.07. The summed E-state index contributed by atoms with van der Waals surface area (Å²) in [6.45, 7) is 3.93. The van der Waals surface area contributed by atoms with Gasteiger partial charge in [0.05, 0.1) is 12.3 Å². The van der Waals surface area contributed by atoms with Crippen LogP contribution in [-0.2, 0) is 4.74 Å². The summed E-state index contributed by atoms with van der Waals surface area (Å²) < 4.78 is 5.00. The van der Waals surface area contributed by atoms with E-state index in [0.717, 1.165) is 16.0 Å². The zero-order valence-electron chi connectivity index (χ0n) is 11.0. The van der Waals surface area contributed by atoms with Crippen molar-refractivity contribution in [1.82, 2.24) is 0 Å². The van der Waals surface area contributed by atoms with Gasteiger partial charge in [0.2, 0.25) is 0 Å². The lowest BCUT2D eigenvalue weighted by Gasteiger charge is -2.02. The average Bonchev–Trinajstić information content (AvgIpc) is 2.66. The number of rotatable bonds is 3. The lowest BCUT2D eigenvalue weighted by Crippen LogP contribution is -2.05. The van der Waals surface area contributed by atoms with E-state index in [1.165, 1.54) is 11.3 Å². The molecule has 0 aliphatic heterocycles. The van der Waals surface area contributed by atoms with Gasteiger partial charge in [0, 0.05) is 14.9 Å². The highest BCUT2D eigenvalue weighted by molar-refractivity contribution is 7.18. The number of benzene rings is 1. The molecule has 2 N–H and O–H groups in total. The fourth-order valence-electron chi connectivity index (χ4n) is 1.83. The van der Waals surface area contributed by atoms with Crippen molar-refractivity contribution in [2.24, 2.45) is 0 Å². The van der Waals surface area contributed by atoms with Crippen LogP contribution in [0.15, 0.2) is 18.2 Å². The Kier molecular flexibility index (Phi) is 4.58. The van der Waals surface area contributed by atoms with Gasteiger partial charge in [-0.2, -0.15) is 0 Å². The first-order valence-corrected chi connectivity index (χ1v) is 7.53. The summed E-state index contributed by atoms with van der Waals surface area (Å²) in [5.74, 6) is -0.405. The second kappa shape index (κ2) is 6.04. The normalized spacial score (nSPS) is 10.6. The molecule has 0 bridgehead atoms. The Hall–Kier alpha value is -1.23. The molecule has 0 saturated heterocycles. The van der Waals surface area contributed by atoms with Crippen LogP contribution in [0, 0.1) is 6.92 Å². The Morgan fingerprint density at radius 2 is 1.90 bits per heavy atom. The number of esters is 1. The third-order valence-corrected chi connectivity index (χ3v) is 4.55. The minimum absolute atomic E-state index is 0.313. The molecule has 0 saturated carbocycles. The topological polar surface area (TPSA) is 52.3 Å². The summed E-state index contributed by atoms with van der Waals surface area (Å²) in [6.07, 6.45) is 0. The van der Waals surface area contributed by atoms with Crippen molar-refractivity contribution in [3.05, 3.63) is 38.7 Å². The molecule has 0 unspecified atom stereocenters. The number of halogens is 2. The Bertz CT molecular complexity index is 647. The van der Waals surface area contributed by atoms with Gasteiger partial charge in [-0.1, -0.05) is 23.2 Å². The minimum Gasteiger partial charge on any atom is -0.462 e. The molecule has 0 amide bonds. The van der Waals surface area contributed by atoms with Crippen LogP contribution in [0.4, 0.5) is 5.69 Å². The van der Waals surface area contributed by atoms with Crippen molar-refractivity contribution in [2.75, 3.05) is 12.3 Å². The Morgan fingerprint density at radius 1 is 1.30 bits per heavy atom. The number of carbonyl (C=O) groups excluding carboxylic acids is 1. The van der Waals surface area contributed by atoms with Crippen molar-refractivity contribution in [2.45, 2.75) is 13.8 Å². The molecule has 3 nitrogen and oxygen atoms in total. The van der Waals surface area contributed by atoms with E-state index in [1.54, 1.807) is 25.1 Å². The number of thiophene rings is 1. The Labute approximate surface area is 131 Å². The molecule has 1 aromatic heterocycles. The van der Waals surface area contributed by atoms with Gasteiger partial charge in [-0.25, -0.2) is 4.79 Å². The standard InChI is InChI=1S/C14H13Cl2NO2S/c1-3-19-14(18)13-11(17)7(2)12(20-13)8-4-9(15)6-10(16)5-8/h4-6H,3,17H2,1-2H3. The van der Waals surface area contributed by atoms with Crippen LogP contribution in [0.5, 0.6) is 0 Å². The summed E-state index contributed by atoms with van der Waals surface area (Å²) in [5.41, 5.74) is 8.11. The fourth-order valence-corrected chi connectivity index (χ4v) is 3.47. The van der Waals surface area contributed by atoms with Gasteiger partial charge < -0.3 is 10.5 Å². The number of nitrogens with two attached hydrogens (primary N) is 1. The van der Waals surface area contributed by atoms with Crippen molar-refractivity contribution in [3.8, 4) is 10.4 Å². The first-order valence-electron chi connectivity index (χ1n) is 5.96. The Balaban J connectivity index is 2.53. The molecule has 20 heavy (non-hydrogen) atoms. The summed E-state index contributed by atoms with van der Waals surface area (Å²) in [4.78, 5) is 13.1. The third-order valence-electron chi connectivity index (χ3n) is 2.78. The zero-order valence-corrected chi connectivity index (χ0v) is 13.3. The molecule has 0 radical (unpaired) electrons. The molecule has 0 spiro atoms. The maximum atomic E-state index is 11.9. The Morgan fingerprint density at radius 3 is 2.45 bits per heavy atom. The molecule has 6 heteroatoms. The van der Waals surface area contributed by atoms with Crippen LogP contribution in [0.2, 0.25) is 10.0 Å². The molecule has 1 heterocycles. The minimum atomic E-state index is -0.405. The second-order valence-electron chi connectivity index (χ2n) is 4.18. The van der Waals surface area contributed by atoms with E-state index < -0.39 is 5.97 Å². The summed E-state index contributed by atoms with van der Waals surface area (Å²) in [5, 5.41) is 1.08. The molecule has 0 fully saturated rings. The van der Waals surface area contributed by atoms with Crippen molar-refractivity contribution >= 4 is 46.2 Å². The van der Waals surface area contributed by atoms with Gasteiger partial charge >= 0.3 is 5.97 Å². The highest BCUT2D eigenvalue weighted by Crippen LogP contribution is 2.40. The molecule has 0 aliphatic carbocycles. The van der Waals surface area contributed by atoms with Gasteiger partial charge in [0.1, 0.15) is 4.88 Å². The first kappa shape index (κ1) is 15.2. The molecule has 2 aromatic rings. The quantitative estimate of drug-likeness (QED) is 0.823. The van der Waals surface area contributed by atoms with Gasteiger partial charge in [0.15, 0.2) is 0 Å². The van der Waals surface area contributed by atoms with E-state index in [4.69, 9.17) is 33.7 Å². The SMILES string of the molecule is CCOC(=O)c1sc(-c2cc(Cl)cc(Cl)c2)c(C)c1N. The van der Waals surface area contributed by atoms with Crippen LogP contribution in [0.1, 0.15) is 22.2 Å². The van der Waals surface area contributed by atoms with E-state index in [0.29, 0.717) is 27.2 Å². The predicted octanol–water partition coefficient (Wildman–Crippen LogP) is 4.79. The monoisotopic (exact) mass is 329 g/mol. The van der Waals surface area contributed by atoms with Crippen LogP contribution >= 0.6 is 34.5 Å². The maximum absolute atomic E-state index is 11.9. The fraction of sp³-hybridized carbons (Fsp3) is 0.214. The molecule has 2 rings (SSSR count). The van der Waals surface area contributed by atoms with Crippen LogP contribution < -0.4 is 5.73 Å². The van der Waals surface area contributed by atoms with Gasteiger partial charge in [-0.3, -0.25) is 0 Å². The predicted molar refractivity (Wildman–Crippen MR) is 84.9 cm³/mol. The van der Waals surface area contributed by atoms with E-state index in [9.17, 15) is 4.79 Å². The summed E-state index contributed by atoms with van der Waals surface area (Å²) in [6, 6.07) is 5.24. The highest BCUT2D eigenvalue weighted by atomic mass is 35.5. The van der Waals surface area contributed by atoms with Crippen LogP contribution in [0.3, 0.4) is 0 Å². The third kappa shape index (κ3) is 2.92. The highest BCUT2D eigenvalue weighted by Gasteiger charge is 2.20. The number of hydrogen-bond acceptors (Lipinski definition) is 4. The largest absolute Gasteiger partial charge is 0.462 e.